The topological polar surface area (TPSA) is 64.0 Å². The van der Waals surface area contributed by atoms with Crippen LogP contribution in [0.1, 0.15) is 37.1 Å². The van der Waals surface area contributed by atoms with Gasteiger partial charge in [0.2, 0.25) is 10.0 Å². The fraction of sp³-hybridized carbons (Fsp3) is 0.769. The number of halogens is 1. The minimum Gasteiger partial charge on any atom is -0.271 e. The standard InChI is InChI=1S/C13H22ClN3O2S/c1-9-13(10(2)17(3)16-9)20(18,19)15-8-11-5-4-6-12(14)7-11/h11-12,15H,4-8H2,1-3H3. The quantitative estimate of drug-likeness (QED) is 0.865. The van der Waals surface area contributed by atoms with Crippen molar-refractivity contribution in [2.24, 2.45) is 13.0 Å². The highest BCUT2D eigenvalue weighted by atomic mass is 35.5. The van der Waals surface area contributed by atoms with Gasteiger partial charge in [0.05, 0.1) is 11.4 Å². The number of sulfonamides is 1. The van der Waals surface area contributed by atoms with E-state index in [1.807, 2.05) is 0 Å². The molecule has 114 valence electrons. The molecule has 1 aromatic heterocycles. The molecule has 1 N–H and O–H groups in total. The second kappa shape index (κ2) is 6.03. The van der Waals surface area contributed by atoms with Crippen LogP contribution in [0.5, 0.6) is 0 Å². The average Bonchev–Trinajstić information content (AvgIpc) is 2.61. The Balaban J connectivity index is 2.08. The van der Waals surface area contributed by atoms with Crippen LogP contribution in [0.4, 0.5) is 0 Å². The van der Waals surface area contributed by atoms with Gasteiger partial charge in [-0.2, -0.15) is 5.10 Å². The lowest BCUT2D eigenvalue weighted by atomic mass is 9.89. The van der Waals surface area contributed by atoms with Gasteiger partial charge in [0.25, 0.3) is 0 Å². The van der Waals surface area contributed by atoms with E-state index in [1.165, 1.54) is 0 Å². The first-order valence-corrected chi connectivity index (χ1v) is 8.87. The van der Waals surface area contributed by atoms with Crippen LogP contribution in [0, 0.1) is 19.8 Å². The minimum atomic E-state index is -3.49. The van der Waals surface area contributed by atoms with Gasteiger partial charge in [-0.3, -0.25) is 4.68 Å². The van der Waals surface area contributed by atoms with E-state index in [0.717, 1.165) is 25.7 Å². The lowest BCUT2D eigenvalue weighted by Crippen LogP contribution is -2.32. The first-order chi connectivity index (χ1) is 9.31. The summed E-state index contributed by atoms with van der Waals surface area (Å²) in [4.78, 5) is 0.304. The average molecular weight is 320 g/mol. The fourth-order valence-electron chi connectivity index (χ4n) is 2.85. The monoisotopic (exact) mass is 319 g/mol. The van der Waals surface area contributed by atoms with Gasteiger partial charge in [0.15, 0.2) is 0 Å². The third kappa shape index (κ3) is 3.35. The Bertz CT molecular complexity index is 583. The Morgan fingerprint density at radius 1 is 1.40 bits per heavy atom. The van der Waals surface area contributed by atoms with Crippen molar-refractivity contribution in [2.75, 3.05) is 6.54 Å². The number of rotatable bonds is 4. The predicted octanol–water partition coefficient (Wildman–Crippen LogP) is 2.11. The van der Waals surface area contributed by atoms with Crippen LogP contribution in [0.15, 0.2) is 4.90 Å². The molecule has 0 bridgehead atoms. The Hall–Kier alpha value is -0.590. The van der Waals surface area contributed by atoms with Gasteiger partial charge in [-0.15, -0.1) is 11.6 Å². The first-order valence-electron chi connectivity index (χ1n) is 6.95. The summed E-state index contributed by atoms with van der Waals surface area (Å²) in [6.07, 6.45) is 4.03. The van der Waals surface area contributed by atoms with Crippen LogP contribution in [0.3, 0.4) is 0 Å². The van der Waals surface area contributed by atoms with Gasteiger partial charge in [-0.1, -0.05) is 6.42 Å². The van der Waals surface area contributed by atoms with E-state index in [9.17, 15) is 8.42 Å². The van der Waals surface area contributed by atoms with Crippen LogP contribution < -0.4 is 4.72 Å². The van der Waals surface area contributed by atoms with Crippen molar-refractivity contribution in [3.8, 4) is 0 Å². The molecular formula is C13H22ClN3O2S. The molecule has 1 saturated carbocycles. The second-order valence-electron chi connectivity index (χ2n) is 5.61. The van der Waals surface area contributed by atoms with Crippen LogP contribution in [-0.4, -0.2) is 30.1 Å². The lowest BCUT2D eigenvalue weighted by molar-refractivity contribution is 0.361. The predicted molar refractivity (Wildman–Crippen MR) is 79.5 cm³/mol. The molecule has 20 heavy (non-hydrogen) atoms. The molecule has 7 heteroatoms. The molecule has 0 aliphatic heterocycles. The highest BCUT2D eigenvalue weighted by molar-refractivity contribution is 7.89. The maximum atomic E-state index is 12.4. The molecule has 1 aliphatic rings. The number of nitrogens with zero attached hydrogens (tertiary/aromatic N) is 2. The zero-order chi connectivity index (χ0) is 14.9. The third-order valence-electron chi connectivity index (χ3n) is 3.99. The number of aryl methyl sites for hydroxylation is 2. The Labute approximate surface area is 125 Å². The number of hydrogen-bond donors (Lipinski definition) is 1. The van der Waals surface area contributed by atoms with E-state index in [1.54, 1.807) is 25.6 Å². The largest absolute Gasteiger partial charge is 0.271 e. The van der Waals surface area contributed by atoms with Gasteiger partial charge in [-0.05, 0) is 39.0 Å². The molecule has 2 rings (SSSR count). The summed E-state index contributed by atoms with van der Waals surface area (Å²) in [5, 5.41) is 4.34. The molecule has 2 atom stereocenters. The summed E-state index contributed by atoms with van der Waals surface area (Å²) < 4.78 is 29.1. The molecule has 1 aliphatic carbocycles. The Morgan fingerprint density at radius 2 is 2.10 bits per heavy atom. The first kappa shape index (κ1) is 15.8. The smallest absolute Gasteiger partial charge is 0.244 e. The van der Waals surface area contributed by atoms with E-state index in [0.29, 0.717) is 28.7 Å². The zero-order valence-corrected chi connectivity index (χ0v) is 13.8. The van der Waals surface area contributed by atoms with Crippen molar-refractivity contribution in [3.05, 3.63) is 11.4 Å². The van der Waals surface area contributed by atoms with Gasteiger partial charge >= 0.3 is 0 Å². The molecule has 1 heterocycles. The van der Waals surface area contributed by atoms with Gasteiger partial charge in [0.1, 0.15) is 4.90 Å². The highest BCUT2D eigenvalue weighted by Gasteiger charge is 2.26. The fourth-order valence-corrected chi connectivity index (χ4v) is 4.81. The molecule has 2 unspecified atom stereocenters. The normalized spacial score (nSPS) is 24.0. The summed E-state index contributed by atoms with van der Waals surface area (Å²) in [5.41, 5.74) is 1.20. The highest BCUT2D eigenvalue weighted by Crippen LogP contribution is 2.28. The van der Waals surface area contributed by atoms with Crippen LogP contribution in [-0.2, 0) is 17.1 Å². The van der Waals surface area contributed by atoms with Gasteiger partial charge in [0, 0.05) is 19.0 Å². The SMILES string of the molecule is Cc1nn(C)c(C)c1S(=O)(=O)NCC1CCCC(Cl)C1. The van der Waals surface area contributed by atoms with E-state index in [4.69, 9.17) is 11.6 Å². The van der Waals surface area contributed by atoms with E-state index < -0.39 is 10.0 Å². The lowest BCUT2D eigenvalue weighted by Gasteiger charge is -2.25. The Kier molecular flexibility index (Phi) is 4.76. The summed E-state index contributed by atoms with van der Waals surface area (Å²) in [5.74, 6) is 0.332. The maximum Gasteiger partial charge on any atom is 0.244 e. The summed E-state index contributed by atoms with van der Waals surface area (Å²) in [6, 6.07) is 0. The number of alkyl halides is 1. The van der Waals surface area contributed by atoms with Crippen LogP contribution >= 0.6 is 11.6 Å². The molecule has 0 amide bonds. The molecule has 0 aromatic carbocycles. The minimum absolute atomic E-state index is 0.181. The van der Waals surface area contributed by atoms with Gasteiger partial charge < -0.3 is 0 Å². The molecule has 1 aromatic rings. The number of nitrogens with one attached hydrogen (secondary N) is 1. The van der Waals surface area contributed by atoms with Gasteiger partial charge in [-0.25, -0.2) is 13.1 Å². The van der Waals surface area contributed by atoms with Crippen LogP contribution in [0.2, 0.25) is 0 Å². The molecule has 0 spiro atoms. The van der Waals surface area contributed by atoms with Crippen molar-refractivity contribution in [1.82, 2.24) is 14.5 Å². The third-order valence-corrected chi connectivity index (χ3v) is 6.06. The van der Waals surface area contributed by atoms with E-state index in [2.05, 4.69) is 9.82 Å². The molecule has 0 radical (unpaired) electrons. The summed E-state index contributed by atoms with van der Waals surface area (Å²) in [7, 11) is -1.74. The van der Waals surface area contributed by atoms with Crippen molar-refractivity contribution < 1.29 is 8.42 Å². The van der Waals surface area contributed by atoms with Crippen molar-refractivity contribution in [2.45, 2.75) is 49.8 Å². The van der Waals surface area contributed by atoms with Crippen molar-refractivity contribution in [1.29, 1.82) is 0 Å². The maximum absolute atomic E-state index is 12.4. The molecular weight excluding hydrogens is 298 g/mol. The number of hydrogen-bond acceptors (Lipinski definition) is 3. The zero-order valence-electron chi connectivity index (χ0n) is 12.2. The number of aromatic nitrogens is 2. The van der Waals surface area contributed by atoms with E-state index >= 15 is 0 Å². The second-order valence-corrected chi connectivity index (χ2v) is 7.93. The van der Waals surface area contributed by atoms with Crippen LogP contribution in [0.25, 0.3) is 0 Å². The van der Waals surface area contributed by atoms with Crippen molar-refractivity contribution >= 4 is 21.6 Å². The molecule has 5 nitrogen and oxygen atoms in total. The Morgan fingerprint density at radius 3 is 2.65 bits per heavy atom. The summed E-state index contributed by atoms with van der Waals surface area (Å²) in [6.45, 7) is 3.94. The molecule has 1 fully saturated rings. The summed E-state index contributed by atoms with van der Waals surface area (Å²) >= 11 is 6.14. The van der Waals surface area contributed by atoms with E-state index in [-0.39, 0.29) is 5.38 Å². The molecule has 0 saturated heterocycles. The van der Waals surface area contributed by atoms with Crippen molar-refractivity contribution in [3.63, 3.8) is 0 Å².